The van der Waals surface area contributed by atoms with Gasteiger partial charge in [0.25, 0.3) is 0 Å². The lowest BCUT2D eigenvalue weighted by atomic mass is 9.77. The third-order valence-electron chi connectivity index (χ3n) is 3.55. The highest BCUT2D eigenvalue weighted by atomic mass is 35.5. The summed E-state index contributed by atoms with van der Waals surface area (Å²) >= 11 is 12.2. The van der Waals surface area contributed by atoms with Gasteiger partial charge >= 0.3 is 0 Å². The summed E-state index contributed by atoms with van der Waals surface area (Å²) in [5, 5.41) is 20.6. The van der Waals surface area contributed by atoms with Crippen molar-refractivity contribution < 1.29 is 10.2 Å². The summed E-state index contributed by atoms with van der Waals surface area (Å²) in [5.41, 5.74) is 0.919. The van der Waals surface area contributed by atoms with Crippen LogP contribution in [0.2, 0.25) is 10.0 Å². The topological polar surface area (TPSA) is 40.5 Å². The lowest BCUT2D eigenvalue weighted by Gasteiger charge is -2.31. The van der Waals surface area contributed by atoms with Gasteiger partial charge in [0, 0.05) is 5.41 Å². The van der Waals surface area contributed by atoms with Crippen LogP contribution in [0, 0.1) is 0 Å². The van der Waals surface area contributed by atoms with Crippen LogP contribution in [0.3, 0.4) is 0 Å². The molecule has 0 fully saturated rings. The van der Waals surface area contributed by atoms with Crippen molar-refractivity contribution in [3.8, 4) is 0 Å². The Morgan fingerprint density at radius 1 is 0.850 bits per heavy atom. The molecule has 0 radical (unpaired) electrons. The highest BCUT2D eigenvalue weighted by molar-refractivity contribution is 6.42. The number of benzene rings is 2. The lowest BCUT2D eigenvalue weighted by Crippen LogP contribution is -2.37. The average Bonchev–Trinajstić information content (AvgIpc) is 2.50. The second kappa shape index (κ2) is 6.59. The van der Waals surface area contributed by atoms with Gasteiger partial charge in [-0.2, -0.15) is 0 Å². The number of hydrogen-bond acceptors (Lipinski definition) is 2. The predicted octanol–water partition coefficient (Wildman–Crippen LogP) is 3.46. The maximum Gasteiger partial charge on any atom is 0.0624 e. The molecule has 0 heterocycles. The summed E-state index contributed by atoms with van der Waals surface area (Å²) in [5.74, 6) is 0. The van der Waals surface area contributed by atoms with Crippen LogP contribution in [0.4, 0.5) is 0 Å². The van der Waals surface area contributed by atoms with Crippen molar-refractivity contribution in [1.29, 1.82) is 0 Å². The van der Waals surface area contributed by atoms with Gasteiger partial charge in [-0.1, -0.05) is 65.7 Å². The SMILES string of the molecule is OCC(CO)(Cc1cccc(Cl)c1Cl)c1ccccc1. The molecule has 0 unspecified atom stereocenters. The molecule has 0 spiro atoms. The molecule has 0 aromatic heterocycles. The van der Waals surface area contributed by atoms with Crippen LogP contribution in [-0.4, -0.2) is 23.4 Å². The second-order valence-electron chi connectivity index (χ2n) is 4.85. The molecular weight excluding hydrogens is 295 g/mol. The second-order valence-corrected chi connectivity index (χ2v) is 5.64. The van der Waals surface area contributed by atoms with E-state index in [0.717, 1.165) is 11.1 Å². The molecule has 4 heteroatoms. The van der Waals surface area contributed by atoms with Gasteiger partial charge in [-0.05, 0) is 23.6 Å². The summed E-state index contributed by atoms with van der Waals surface area (Å²) in [7, 11) is 0. The molecule has 0 bridgehead atoms. The molecule has 0 atom stereocenters. The molecule has 2 rings (SSSR count). The van der Waals surface area contributed by atoms with E-state index in [2.05, 4.69) is 0 Å². The molecule has 2 N–H and O–H groups in total. The van der Waals surface area contributed by atoms with Gasteiger partial charge in [-0.3, -0.25) is 0 Å². The van der Waals surface area contributed by atoms with E-state index in [1.807, 2.05) is 42.5 Å². The number of rotatable bonds is 5. The van der Waals surface area contributed by atoms with Gasteiger partial charge in [-0.25, -0.2) is 0 Å². The van der Waals surface area contributed by atoms with Gasteiger partial charge in [0.1, 0.15) is 0 Å². The van der Waals surface area contributed by atoms with Crippen LogP contribution < -0.4 is 0 Å². The van der Waals surface area contributed by atoms with E-state index in [4.69, 9.17) is 23.2 Å². The first kappa shape index (κ1) is 15.3. The highest BCUT2D eigenvalue weighted by Gasteiger charge is 2.32. The summed E-state index contributed by atoms with van der Waals surface area (Å²) in [6, 6.07) is 14.8. The molecule has 20 heavy (non-hydrogen) atoms. The molecule has 0 saturated heterocycles. The Kier molecular flexibility index (Phi) is 5.06. The first-order chi connectivity index (χ1) is 9.63. The Hall–Kier alpha value is -1.06. The number of aliphatic hydroxyl groups excluding tert-OH is 2. The van der Waals surface area contributed by atoms with E-state index in [0.29, 0.717) is 16.5 Å². The maximum absolute atomic E-state index is 9.82. The number of hydrogen-bond donors (Lipinski definition) is 2. The van der Waals surface area contributed by atoms with Gasteiger partial charge in [0.05, 0.1) is 23.3 Å². The van der Waals surface area contributed by atoms with Gasteiger partial charge < -0.3 is 10.2 Å². The minimum atomic E-state index is -0.768. The Balaban J connectivity index is 2.42. The van der Waals surface area contributed by atoms with Crippen molar-refractivity contribution in [3.05, 3.63) is 69.7 Å². The summed E-state index contributed by atoms with van der Waals surface area (Å²) in [4.78, 5) is 0. The number of aliphatic hydroxyl groups is 2. The summed E-state index contributed by atoms with van der Waals surface area (Å²) < 4.78 is 0. The zero-order chi connectivity index (χ0) is 14.6. The minimum absolute atomic E-state index is 0.170. The Labute approximate surface area is 128 Å². The molecule has 106 valence electrons. The first-order valence-corrected chi connectivity index (χ1v) is 7.09. The molecule has 0 aliphatic carbocycles. The molecule has 0 amide bonds. The van der Waals surface area contributed by atoms with Crippen molar-refractivity contribution in [1.82, 2.24) is 0 Å². The third-order valence-corrected chi connectivity index (χ3v) is 4.41. The van der Waals surface area contributed by atoms with E-state index >= 15 is 0 Å². The molecule has 0 saturated carbocycles. The van der Waals surface area contributed by atoms with E-state index in [9.17, 15) is 10.2 Å². The zero-order valence-electron chi connectivity index (χ0n) is 10.9. The van der Waals surface area contributed by atoms with Crippen LogP contribution in [-0.2, 0) is 11.8 Å². The summed E-state index contributed by atoms with van der Waals surface area (Å²) in [6.45, 7) is -0.341. The van der Waals surface area contributed by atoms with Gasteiger partial charge in [-0.15, -0.1) is 0 Å². The molecular formula is C16H16Cl2O2. The molecule has 2 nitrogen and oxygen atoms in total. The van der Waals surface area contributed by atoms with E-state index < -0.39 is 5.41 Å². The fourth-order valence-electron chi connectivity index (χ4n) is 2.29. The molecule has 2 aromatic rings. The largest absolute Gasteiger partial charge is 0.395 e. The van der Waals surface area contributed by atoms with Gasteiger partial charge in [0.15, 0.2) is 0 Å². The summed E-state index contributed by atoms with van der Waals surface area (Å²) in [6.07, 6.45) is 0.420. The van der Waals surface area contributed by atoms with Crippen LogP contribution in [0.25, 0.3) is 0 Å². The molecule has 0 aliphatic rings. The van der Waals surface area contributed by atoms with Crippen molar-refractivity contribution >= 4 is 23.2 Å². The first-order valence-electron chi connectivity index (χ1n) is 6.33. The quantitative estimate of drug-likeness (QED) is 0.888. The van der Waals surface area contributed by atoms with Crippen molar-refractivity contribution in [3.63, 3.8) is 0 Å². The third kappa shape index (κ3) is 2.99. The van der Waals surface area contributed by atoms with E-state index in [-0.39, 0.29) is 13.2 Å². The van der Waals surface area contributed by atoms with Crippen LogP contribution in [0.5, 0.6) is 0 Å². The highest BCUT2D eigenvalue weighted by Crippen LogP contribution is 2.33. The van der Waals surface area contributed by atoms with Crippen molar-refractivity contribution in [2.75, 3.05) is 13.2 Å². The zero-order valence-corrected chi connectivity index (χ0v) is 12.4. The van der Waals surface area contributed by atoms with Crippen LogP contribution >= 0.6 is 23.2 Å². The Morgan fingerprint density at radius 3 is 2.10 bits per heavy atom. The molecule has 0 aliphatic heterocycles. The van der Waals surface area contributed by atoms with Crippen molar-refractivity contribution in [2.45, 2.75) is 11.8 Å². The van der Waals surface area contributed by atoms with Gasteiger partial charge in [0.2, 0.25) is 0 Å². The van der Waals surface area contributed by atoms with Crippen LogP contribution in [0.1, 0.15) is 11.1 Å². The molecule has 2 aromatic carbocycles. The standard InChI is InChI=1S/C16H16Cl2O2/c17-14-8-4-5-12(15(14)18)9-16(10-19,11-20)13-6-2-1-3-7-13/h1-8,19-20H,9-11H2. The van der Waals surface area contributed by atoms with E-state index in [1.165, 1.54) is 0 Å². The van der Waals surface area contributed by atoms with E-state index in [1.54, 1.807) is 6.07 Å². The maximum atomic E-state index is 9.82. The Bertz CT molecular complexity index is 566. The monoisotopic (exact) mass is 310 g/mol. The Morgan fingerprint density at radius 2 is 1.50 bits per heavy atom. The smallest absolute Gasteiger partial charge is 0.0624 e. The van der Waals surface area contributed by atoms with Crippen molar-refractivity contribution in [2.24, 2.45) is 0 Å². The number of halogens is 2. The fraction of sp³-hybridized carbons (Fsp3) is 0.250. The lowest BCUT2D eigenvalue weighted by molar-refractivity contribution is 0.116. The average molecular weight is 311 g/mol. The normalized spacial score (nSPS) is 11.6. The minimum Gasteiger partial charge on any atom is -0.395 e. The van der Waals surface area contributed by atoms with Crippen LogP contribution in [0.15, 0.2) is 48.5 Å². The predicted molar refractivity (Wildman–Crippen MR) is 82.5 cm³/mol. The fourth-order valence-corrected chi connectivity index (χ4v) is 2.67.